The molecule has 1 N–H and O–H groups in total. The van der Waals surface area contributed by atoms with Gasteiger partial charge in [-0.05, 0) is 58.7 Å². The van der Waals surface area contributed by atoms with Crippen LogP contribution in [0.2, 0.25) is 0 Å². The number of rotatable bonds is 6. The lowest BCUT2D eigenvalue weighted by atomic mass is 10.1. The molecule has 2 rings (SSSR count). The SMILES string of the molecule is CCCS(=O)(=O)Nc1ccc(C(=O)c2ccc(Br)o2)cc1. The third kappa shape index (κ3) is 4.18. The molecule has 0 aliphatic rings. The highest BCUT2D eigenvalue weighted by Crippen LogP contribution is 2.19. The molecule has 0 atom stereocenters. The van der Waals surface area contributed by atoms with Gasteiger partial charge in [0.05, 0.1) is 5.75 Å². The lowest BCUT2D eigenvalue weighted by molar-refractivity contribution is 0.101. The van der Waals surface area contributed by atoms with Crippen molar-refractivity contribution in [1.29, 1.82) is 0 Å². The first-order chi connectivity index (χ1) is 9.91. The number of ketones is 1. The Morgan fingerprint density at radius 1 is 1.19 bits per heavy atom. The van der Waals surface area contributed by atoms with Gasteiger partial charge in [-0.15, -0.1) is 0 Å². The van der Waals surface area contributed by atoms with Crippen LogP contribution in [0.4, 0.5) is 5.69 Å². The number of anilines is 1. The molecule has 0 amide bonds. The molecule has 0 saturated heterocycles. The van der Waals surface area contributed by atoms with Crippen LogP contribution < -0.4 is 4.72 Å². The van der Waals surface area contributed by atoms with E-state index in [0.717, 1.165) is 0 Å². The zero-order valence-corrected chi connectivity index (χ0v) is 13.7. The van der Waals surface area contributed by atoms with E-state index in [1.165, 1.54) is 0 Å². The normalized spacial score (nSPS) is 11.3. The maximum Gasteiger partial charge on any atom is 0.232 e. The number of furan rings is 1. The van der Waals surface area contributed by atoms with Gasteiger partial charge in [-0.25, -0.2) is 8.42 Å². The minimum atomic E-state index is -3.33. The second-order valence-electron chi connectivity index (χ2n) is 4.43. The fourth-order valence-electron chi connectivity index (χ4n) is 1.77. The molecule has 0 bridgehead atoms. The zero-order valence-electron chi connectivity index (χ0n) is 11.3. The van der Waals surface area contributed by atoms with E-state index in [1.807, 2.05) is 0 Å². The number of hydrogen-bond acceptors (Lipinski definition) is 4. The van der Waals surface area contributed by atoms with Crippen molar-refractivity contribution in [3.05, 3.63) is 52.4 Å². The quantitative estimate of drug-likeness (QED) is 0.789. The number of benzene rings is 1. The third-order valence-corrected chi connectivity index (χ3v) is 4.61. The van der Waals surface area contributed by atoms with Crippen molar-refractivity contribution in [2.45, 2.75) is 13.3 Å². The predicted octanol–water partition coefficient (Wildman–Crippen LogP) is 3.42. The van der Waals surface area contributed by atoms with Crippen molar-refractivity contribution in [1.82, 2.24) is 0 Å². The summed E-state index contributed by atoms with van der Waals surface area (Å²) in [6.07, 6.45) is 0.541. The first-order valence-electron chi connectivity index (χ1n) is 6.32. The average Bonchev–Trinajstić information content (AvgIpc) is 2.85. The molecule has 2 aromatic rings. The molecule has 1 aromatic carbocycles. The van der Waals surface area contributed by atoms with Crippen molar-refractivity contribution < 1.29 is 17.6 Å². The molecule has 0 radical (unpaired) electrons. The molecule has 112 valence electrons. The van der Waals surface area contributed by atoms with Crippen LogP contribution in [0.5, 0.6) is 0 Å². The van der Waals surface area contributed by atoms with Crippen LogP contribution in [0.25, 0.3) is 0 Å². The van der Waals surface area contributed by atoms with Crippen LogP contribution in [-0.2, 0) is 10.0 Å². The van der Waals surface area contributed by atoms with Crippen molar-refractivity contribution in [3.8, 4) is 0 Å². The number of halogens is 1. The van der Waals surface area contributed by atoms with Crippen molar-refractivity contribution in [2.75, 3.05) is 10.5 Å². The number of hydrogen-bond donors (Lipinski definition) is 1. The summed E-state index contributed by atoms with van der Waals surface area (Å²) in [4.78, 5) is 12.1. The lowest BCUT2D eigenvalue weighted by Gasteiger charge is -2.07. The van der Waals surface area contributed by atoms with E-state index in [1.54, 1.807) is 43.3 Å². The van der Waals surface area contributed by atoms with Gasteiger partial charge < -0.3 is 4.42 Å². The van der Waals surface area contributed by atoms with E-state index in [-0.39, 0.29) is 17.3 Å². The summed E-state index contributed by atoms with van der Waals surface area (Å²) >= 11 is 3.14. The minimum Gasteiger partial charge on any atom is -0.446 e. The molecule has 0 saturated carbocycles. The molecular formula is C14H14BrNO4S. The van der Waals surface area contributed by atoms with Crippen molar-refractivity contribution >= 4 is 37.4 Å². The molecule has 0 unspecified atom stereocenters. The number of nitrogens with one attached hydrogen (secondary N) is 1. The Bertz CT molecular complexity index is 735. The Kier molecular flexibility index (Phi) is 4.84. The van der Waals surface area contributed by atoms with Gasteiger partial charge in [0.2, 0.25) is 15.8 Å². The van der Waals surface area contributed by atoms with Crippen LogP contribution in [0.1, 0.15) is 29.5 Å². The molecule has 0 aliphatic carbocycles. The summed E-state index contributed by atoms with van der Waals surface area (Å²) < 4.78 is 31.4. The monoisotopic (exact) mass is 371 g/mol. The molecule has 0 aliphatic heterocycles. The number of sulfonamides is 1. The van der Waals surface area contributed by atoms with Crippen LogP contribution in [0.15, 0.2) is 45.5 Å². The summed E-state index contributed by atoms with van der Waals surface area (Å²) in [5, 5.41) is 0. The van der Waals surface area contributed by atoms with Crippen LogP contribution in [0.3, 0.4) is 0 Å². The first kappa shape index (κ1) is 15.8. The zero-order chi connectivity index (χ0) is 15.5. The van der Waals surface area contributed by atoms with Gasteiger partial charge in [0.15, 0.2) is 10.4 Å². The smallest absolute Gasteiger partial charge is 0.232 e. The fourth-order valence-corrected chi connectivity index (χ4v) is 3.21. The average molecular weight is 372 g/mol. The second kappa shape index (κ2) is 6.44. The van der Waals surface area contributed by atoms with Crippen LogP contribution in [-0.4, -0.2) is 20.0 Å². The Labute approximate surface area is 131 Å². The lowest BCUT2D eigenvalue weighted by Crippen LogP contribution is -2.16. The van der Waals surface area contributed by atoms with Crippen molar-refractivity contribution in [3.63, 3.8) is 0 Å². The van der Waals surface area contributed by atoms with Gasteiger partial charge in [-0.3, -0.25) is 9.52 Å². The summed E-state index contributed by atoms with van der Waals surface area (Å²) in [7, 11) is -3.33. The summed E-state index contributed by atoms with van der Waals surface area (Å²) in [6.45, 7) is 1.79. The fraction of sp³-hybridized carbons (Fsp3) is 0.214. The summed E-state index contributed by atoms with van der Waals surface area (Å²) in [6, 6.07) is 9.44. The first-order valence-corrected chi connectivity index (χ1v) is 8.76. The van der Waals surface area contributed by atoms with Gasteiger partial charge in [0, 0.05) is 11.3 Å². The topological polar surface area (TPSA) is 76.4 Å². The van der Waals surface area contributed by atoms with E-state index in [2.05, 4.69) is 20.7 Å². The van der Waals surface area contributed by atoms with Gasteiger partial charge in [0.25, 0.3) is 0 Å². The highest BCUT2D eigenvalue weighted by molar-refractivity contribution is 9.10. The molecule has 0 fully saturated rings. The maximum atomic E-state index is 12.1. The molecular weight excluding hydrogens is 358 g/mol. The van der Waals surface area contributed by atoms with Crippen LogP contribution >= 0.6 is 15.9 Å². The summed E-state index contributed by atoms with van der Waals surface area (Å²) in [5.41, 5.74) is 0.857. The molecule has 5 nitrogen and oxygen atoms in total. The predicted molar refractivity (Wildman–Crippen MR) is 84.0 cm³/mol. The summed E-state index contributed by atoms with van der Waals surface area (Å²) in [5.74, 6) is 0.0264. The highest BCUT2D eigenvalue weighted by Gasteiger charge is 2.14. The largest absolute Gasteiger partial charge is 0.446 e. The van der Waals surface area contributed by atoms with Gasteiger partial charge in [-0.1, -0.05) is 6.92 Å². The standard InChI is InChI=1S/C14H14BrNO4S/c1-2-9-21(18,19)16-11-5-3-10(4-6-11)14(17)12-7-8-13(15)20-12/h3-8,16H,2,9H2,1H3. The minimum absolute atomic E-state index is 0.0636. The van der Waals surface area contributed by atoms with Gasteiger partial charge in [0.1, 0.15) is 0 Å². The second-order valence-corrected chi connectivity index (χ2v) is 7.05. The Hall–Kier alpha value is -1.60. The number of carbonyl (C=O) groups excluding carboxylic acids is 1. The Morgan fingerprint density at radius 2 is 1.86 bits per heavy atom. The molecule has 7 heteroatoms. The van der Waals surface area contributed by atoms with E-state index in [0.29, 0.717) is 22.3 Å². The molecule has 0 spiro atoms. The number of carbonyl (C=O) groups is 1. The van der Waals surface area contributed by atoms with E-state index in [9.17, 15) is 13.2 Å². The Balaban J connectivity index is 2.14. The maximum absolute atomic E-state index is 12.1. The van der Waals surface area contributed by atoms with Gasteiger partial charge >= 0.3 is 0 Å². The van der Waals surface area contributed by atoms with E-state index >= 15 is 0 Å². The van der Waals surface area contributed by atoms with Crippen LogP contribution in [0, 0.1) is 0 Å². The third-order valence-electron chi connectivity index (χ3n) is 2.69. The molecule has 21 heavy (non-hydrogen) atoms. The van der Waals surface area contributed by atoms with Crippen molar-refractivity contribution in [2.24, 2.45) is 0 Å². The van der Waals surface area contributed by atoms with Gasteiger partial charge in [-0.2, -0.15) is 0 Å². The van der Waals surface area contributed by atoms with E-state index < -0.39 is 10.0 Å². The highest BCUT2D eigenvalue weighted by atomic mass is 79.9. The van der Waals surface area contributed by atoms with E-state index in [4.69, 9.17) is 4.42 Å². The Morgan fingerprint density at radius 3 is 2.38 bits per heavy atom. The molecule has 1 heterocycles. The molecule has 1 aromatic heterocycles.